The molecule has 0 aliphatic heterocycles. The summed E-state index contributed by atoms with van der Waals surface area (Å²) in [5.41, 5.74) is 6.17. The first-order valence-electron chi connectivity index (χ1n) is 6.00. The van der Waals surface area contributed by atoms with Crippen LogP contribution in [-0.4, -0.2) is 35.1 Å². The summed E-state index contributed by atoms with van der Waals surface area (Å²) in [6.07, 6.45) is -3.96. The van der Waals surface area contributed by atoms with Gasteiger partial charge in [0.15, 0.2) is 0 Å². The molecule has 0 aromatic heterocycles. The van der Waals surface area contributed by atoms with Crippen LogP contribution in [0.25, 0.3) is 0 Å². The van der Waals surface area contributed by atoms with E-state index in [1.807, 2.05) is 0 Å². The van der Waals surface area contributed by atoms with Gasteiger partial charge in [-0.05, 0) is 18.6 Å². The van der Waals surface area contributed by atoms with Crippen LogP contribution >= 0.6 is 12.2 Å². The Morgan fingerprint density at radius 3 is 2.15 bits per heavy atom. The maximum absolute atomic E-state index is 12.4. The van der Waals surface area contributed by atoms with Crippen LogP contribution in [0.4, 0.5) is 13.2 Å². The summed E-state index contributed by atoms with van der Waals surface area (Å²) in [5.74, 6) is -0.654. The Kier molecular flexibility index (Phi) is 5.50. The van der Waals surface area contributed by atoms with E-state index in [0.717, 1.165) is 4.90 Å². The van der Waals surface area contributed by atoms with Crippen LogP contribution in [0.15, 0.2) is 24.3 Å². The van der Waals surface area contributed by atoms with Crippen molar-refractivity contribution in [3.8, 4) is 0 Å². The zero-order valence-electron chi connectivity index (χ0n) is 10.9. The Balaban J connectivity index is 2.91. The molecule has 0 fully saturated rings. The van der Waals surface area contributed by atoms with Gasteiger partial charge in [-0.3, -0.25) is 4.79 Å². The van der Waals surface area contributed by atoms with Crippen LogP contribution in [0, 0.1) is 0 Å². The van der Waals surface area contributed by atoms with Gasteiger partial charge < -0.3 is 10.6 Å². The predicted molar refractivity (Wildman–Crippen MR) is 74.6 cm³/mol. The second kappa shape index (κ2) is 6.69. The smallest absolute Gasteiger partial charge is 0.389 e. The molecular formula is C13H15F3N2OS. The lowest BCUT2D eigenvalue weighted by molar-refractivity contribution is -0.140. The lowest BCUT2D eigenvalue weighted by Crippen LogP contribution is -2.39. The largest absolute Gasteiger partial charge is 0.406 e. The Morgan fingerprint density at radius 2 is 1.75 bits per heavy atom. The summed E-state index contributed by atoms with van der Waals surface area (Å²) in [5, 5.41) is 0. The van der Waals surface area contributed by atoms with Gasteiger partial charge in [0.2, 0.25) is 0 Å². The molecule has 1 rings (SSSR count). The average molecular weight is 304 g/mol. The molecule has 0 aliphatic carbocycles. The predicted octanol–water partition coefficient (Wildman–Crippen LogP) is 2.74. The minimum absolute atomic E-state index is 0.0510. The van der Waals surface area contributed by atoms with Crippen molar-refractivity contribution in [2.24, 2.45) is 5.73 Å². The van der Waals surface area contributed by atoms with Gasteiger partial charge in [-0.1, -0.05) is 31.3 Å². The molecule has 2 N–H and O–H groups in total. The second-order valence-corrected chi connectivity index (χ2v) is 4.72. The van der Waals surface area contributed by atoms with Gasteiger partial charge in [-0.2, -0.15) is 13.2 Å². The fourth-order valence-corrected chi connectivity index (χ4v) is 1.83. The number of nitrogens with zero attached hydrogens (tertiary/aromatic N) is 1. The summed E-state index contributed by atoms with van der Waals surface area (Å²) in [7, 11) is 0. The van der Waals surface area contributed by atoms with Gasteiger partial charge >= 0.3 is 6.18 Å². The van der Waals surface area contributed by atoms with E-state index in [1.165, 1.54) is 24.3 Å². The van der Waals surface area contributed by atoms with E-state index >= 15 is 0 Å². The molecule has 3 nitrogen and oxygen atoms in total. The van der Waals surface area contributed by atoms with E-state index in [0.29, 0.717) is 12.0 Å². The maximum Gasteiger partial charge on any atom is 0.406 e. The Labute approximate surface area is 120 Å². The Bertz CT molecular complexity index is 485. The van der Waals surface area contributed by atoms with Gasteiger partial charge in [-0.15, -0.1) is 0 Å². The maximum atomic E-state index is 12.4. The second-order valence-electron chi connectivity index (χ2n) is 4.28. The van der Waals surface area contributed by atoms with Crippen molar-refractivity contribution in [2.75, 3.05) is 13.1 Å². The number of alkyl halides is 3. The van der Waals surface area contributed by atoms with Crippen molar-refractivity contribution >= 4 is 23.1 Å². The third kappa shape index (κ3) is 4.80. The number of benzene rings is 1. The first kappa shape index (κ1) is 16.4. The van der Waals surface area contributed by atoms with Gasteiger partial charge in [0.05, 0.1) is 0 Å². The number of carbonyl (C=O) groups is 1. The van der Waals surface area contributed by atoms with Crippen molar-refractivity contribution < 1.29 is 18.0 Å². The molecule has 110 valence electrons. The topological polar surface area (TPSA) is 46.3 Å². The number of amides is 1. The summed E-state index contributed by atoms with van der Waals surface area (Å²) < 4.78 is 37.3. The van der Waals surface area contributed by atoms with Gasteiger partial charge in [0.1, 0.15) is 11.5 Å². The van der Waals surface area contributed by atoms with Crippen molar-refractivity contribution in [2.45, 2.75) is 19.5 Å². The lowest BCUT2D eigenvalue weighted by Gasteiger charge is -2.23. The van der Waals surface area contributed by atoms with Crippen LogP contribution in [0.2, 0.25) is 0 Å². The van der Waals surface area contributed by atoms with Crippen molar-refractivity contribution in [1.29, 1.82) is 0 Å². The van der Waals surface area contributed by atoms with E-state index in [9.17, 15) is 18.0 Å². The molecule has 0 bridgehead atoms. The minimum Gasteiger partial charge on any atom is -0.389 e. The SMILES string of the molecule is CCCN(CC(F)(F)F)C(=O)c1ccc(C(N)=S)cc1. The monoisotopic (exact) mass is 304 g/mol. The summed E-state index contributed by atoms with van der Waals surface area (Å²) in [6.45, 7) is 0.513. The molecule has 0 saturated carbocycles. The Hall–Kier alpha value is -1.63. The molecule has 0 radical (unpaired) electrons. The molecule has 1 amide bonds. The number of halogens is 3. The van der Waals surface area contributed by atoms with Crippen LogP contribution < -0.4 is 5.73 Å². The van der Waals surface area contributed by atoms with Crippen LogP contribution in [0.1, 0.15) is 29.3 Å². The molecule has 7 heteroatoms. The van der Waals surface area contributed by atoms with E-state index < -0.39 is 18.6 Å². The van der Waals surface area contributed by atoms with E-state index in [-0.39, 0.29) is 17.1 Å². The molecular weight excluding hydrogens is 289 g/mol. The zero-order valence-corrected chi connectivity index (χ0v) is 11.7. The van der Waals surface area contributed by atoms with E-state index in [4.69, 9.17) is 18.0 Å². The highest BCUT2D eigenvalue weighted by atomic mass is 32.1. The van der Waals surface area contributed by atoms with E-state index in [2.05, 4.69) is 0 Å². The van der Waals surface area contributed by atoms with Crippen molar-refractivity contribution in [3.05, 3.63) is 35.4 Å². The zero-order chi connectivity index (χ0) is 15.3. The molecule has 0 saturated heterocycles. The van der Waals surface area contributed by atoms with Crippen LogP contribution in [-0.2, 0) is 0 Å². The number of hydrogen-bond acceptors (Lipinski definition) is 2. The van der Waals surface area contributed by atoms with Gasteiger partial charge in [0.25, 0.3) is 5.91 Å². The van der Waals surface area contributed by atoms with Gasteiger partial charge in [-0.25, -0.2) is 0 Å². The third-order valence-electron chi connectivity index (χ3n) is 2.57. The normalized spacial score (nSPS) is 11.2. The molecule has 20 heavy (non-hydrogen) atoms. The van der Waals surface area contributed by atoms with Crippen molar-refractivity contribution in [1.82, 2.24) is 4.90 Å². The minimum atomic E-state index is -4.41. The summed E-state index contributed by atoms with van der Waals surface area (Å²) in [4.78, 5) is 13.0. The number of hydrogen-bond donors (Lipinski definition) is 1. The number of nitrogens with two attached hydrogens (primary N) is 1. The summed E-state index contributed by atoms with van der Waals surface area (Å²) in [6, 6.07) is 5.90. The standard InChI is InChI=1S/C13H15F3N2OS/c1-2-7-18(8-13(14,15)16)12(19)10-5-3-9(4-6-10)11(17)20/h3-6H,2,7-8H2,1H3,(H2,17,20). The first-order valence-corrected chi connectivity index (χ1v) is 6.41. The van der Waals surface area contributed by atoms with Crippen LogP contribution in [0.3, 0.4) is 0 Å². The van der Waals surface area contributed by atoms with Crippen LogP contribution in [0.5, 0.6) is 0 Å². The fraction of sp³-hybridized carbons (Fsp3) is 0.385. The third-order valence-corrected chi connectivity index (χ3v) is 2.80. The highest BCUT2D eigenvalue weighted by Gasteiger charge is 2.32. The molecule has 0 atom stereocenters. The molecule has 0 heterocycles. The van der Waals surface area contributed by atoms with Gasteiger partial charge in [0, 0.05) is 17.7 Å². The summed E-state index contributed by atoms with van der Waals surface area (Å²) >= 11 is 4.77. The average Bonchev–Trinajstić information content (AvgIpc) is 2.36. The lowest BCUT2D eigenvalue weighted by atomic mass is 10.1. The number of carbonyl (C=O) groups excluding carboxylic acids is 1. The molecule has 1 aromatic carbocycles. The molecule has 0 spiro atoms. The molecule has 0 aliphatic rings. The first-order chi connectivity index (χ1) is 9.24. The number of rotatable bonds is 5. The molecule has 0 unspecified atom stereocenters. The highest BCUT2D eigenvalue weighted by molar-refractivity contribution is 7.80. The highest BCUT2D eigenvalue weighted by Crippen LogP contribution is 2.18. The quantitative estimate of drug-likeness (QED) is 0.851. The molecule has 1 aromatic rings. The van der Waals surface area contributed by atoms with E-state index in [1.54, 1.807) is 6.92 Å². The number of thiocarbonyl (C=S) groups is 1. The Morgan fingerprint density at radius 1 is 1.25 bits per heavy atom. The fourth-order valence-electron chi connectivity index (χ4n) is 1.70. The van der Waals surface area contributed by atoms with Crippen molar-refractivity contribution in [3.63, 3.8) is 0 Å².